The number of carboxylic acids is 1. The quantitative estimate of drug-likeness (QED) is 0.860. The lowest BCUT2D eigenvalue weighted by Gasteiger charge is -2.19. The molecular formula is C14H18FNO3. The van der Waals surface area contributed by atoms with Crippen LogP contribution >= 0.6 is 0 Å². The van der Waals surface area contributed by atoms with Gasteiger partial charge in [0.25, 0.3) is 5.91 Å². The second-order valence-corrected chi connectivity index (χ2v) is 5.11. The van der Waals surface area contributed by atoms with Gasteiger partial charge in [0.2, 0.25) is 0 Å². The van der Waals surface area contributed by atoms with Gasteiger partial charge in [0.05, 0.1) is 5.41 Å². The SMILES string of the molecule is Cc1c(F)cccc1C(=O)NCCC(C)(C)C(=O)O. The maximum absolute atomic E-state index is 13.3. The van der Waals surface area contributed by atoms with Gasteiger partial charge in [-0.15, -0.1) is 0 Å². The lowest BCUT2D eigenvalue weighted by Crippen LogP contribution is -2.32. The van der Waals surface area contributed by atoms with Gasteiger partial charge in [0.1, 0.15) is 5.82 Å². The van der Waals surface area contributed by atoms with Gasteiger partial charge in [-0.2, -0.15) is 0 Å². The van der Waals surface area contributed by atoms with Gasteiger partial charge in [0, 0.05) is 12.1 Å². The molecule has 2 N–H and O–H groups in total. The molecule has 1 aromatic rings. The van der Waals surface area contributed by atoms with E-state index in [-0.39, 0.29) is 17.7 Å². The summed E-state index contributed by atoms with van der Waals surface area (Å²) in [6.45, 7) is 4.95. The van der Waals surface area contributed by atoms with Crippen LogP contribution in [0.2, 0.25) is 0 Å². The minimum absolute atomic E-state index is 0.230. The van der Waals surface area contributed by atoms with E-state index in [1.165, 1.54) is 25.1 Å². The zero-order valence-electron chi connectivity index (χ0n) is 11.3. The van der Waals surface area contributed by atoms with Crippen molar-refractivity contribution in [1.29, 1.82) is 0 Å². The Kier molecular flexibility index (Phi) is 4.64. The molecule has 0 heterocycles. The Bertz CT molecular complexity index is 497. The van der Waals surface area contributed by atoms with E-state index in [9.17, 15) is 14.0 Å². The summed E-state index contributed by atoms with van der Waals surface area (Å²) in [4.78, 5) is 22.8. The highest BCUT2D eigenvalue weighted by atomic mass is 19.1. The highest BCUT2D eigenvalue weighted by Crippen LogP contribution is 2.19. The fourth-order valence-electron chi connectivity index (χ4n) is 1.54. The van der Waals surface area contributed by atoms with Crippen molar-refractivity contribution >= 4 is 11.9 Å². The van der Waals surface area contributed by atoms with Crippen molar-refractivity contribution in [2.75, 3.05) is 6.54 Å². The van der Waals surface area contributed by atoms with Gasteiger partial charge in [-0.25, -0.2) is 4.39 Å². The average molecular weight is 267 g/mol. The molecule has 0 saturated heterocycles. The monoisotopic (exact) mass is 267 g/mol. The fourth-order valence-corrected chi connectivity index (χ4v) is 1.54. The highest BCUT2D eigenvalue weighted by molar-refractivity contribution is 5.95. The van der Waals surface area contributed by atoms with E-state index in [1.54, 1.807) is 13.8 Å². The van der Waals surface area contributed by atoms with Gasteiger partial charge in [-0.3, -0.25) is 9.59 Å². The number of carboxylic acid groups (broad SMARTS) is 1. The minimum Gasteiger partial charge on any atom is -0.481 e. The number of nitrogens with one attached hydrogen (secondary N) is 1. The first kappa shape index (κ1) is 15.1. The molecule has 1 aromatic carbocycles. The van der Waals surface area contributed by atoms with Gasteiger partial charge in [-0.05, 0) is 44.9 Å². The smallest absolute Gasteiger partial charge is 0.309 e. The minimum atomic E-state index is -0.913. The largest absolute Gasteiger partial charge is 0.481 e. The third-order valence-electron chi connectivity index (χ3n) is 3.13. The molecule has 0 aliphatic carbocycles. The summed E-state index contributed by atoms with van der Waals surface area (Å²) in [6.07, 6.45) is 0.308. The summed E-state index contributed by atoms with van der Waals surface area (Å²) in [7, 11) is 0. The number of amides is 1. The molecule has 0 radical (unpaired) electrons. The van der Waals surface area contributed by atoms with Crippen LogP contribution in [0.3, 0.4) is 0 Å². The first-order valence-electron chi connectivity index (χ1n) is 6.02. The highest BCUT2D eigenvalue weighted by Gasteiger charge is 2.26. The van der Waals surface area contributed by atoms with E-state index in [0.717, 1.165) is 0 Å². The fraction of sp³-hybridized carbons (Fsp3) is 0.429. The number of carbonyl (C=O) groups excluding carboxylic acids is 1. The molecule has 0 atom stereocenters. The third kappa shape index (κ3) is 3.77. The molecule has 0 bridgehead atoms. The van der Waals surface area contributed by atoms with E-state index in [0.29, 0.717) is 6.42 Å². The molecule has 104 valence electrons. The Hall–Kier alpha value is -1.91. The summed E-state index contributed by atoms with van der Waals surface area (Å²) in [5.41, 5.74) is -0.338. The first-order valence-corrected chi connectivity index (χ1v) is 6.02. The van der Waals surface area contributed by atoms with Crippen molar-refractivity contribution < 1.29 is 19.1 Å². The standard InChI is InChI=1S/C14H18FNO3/c1-9-10(5-4-6-11(9)15)12(17)16-8-7-14(2,3)13(18)19/h4-6H,7-8H2,1-3H3,(H,16,17)(H,18,19). The second kappa shape index (κ2) is 5.82. The molecule has 1 rings (SSSR count). The van der Waals surface area contributed by atoms with Gasteiger partial charge in [-0.1, -0.05) is 6.07 Å². The first-order chi connectivity index (χ1) is 8.75. The molecule has 4 nitrogen and oxygen atoms in total. The van der Waals surface area contributed by atoms with Crippen LogP contribution in [-0.2, 0) is 4.79 Å². The molecule has 0 saturated carbocycles. The Labute approximate surface area is 111 Å². The van der Waals surface area contributed by atoms with Crippen molar-refractivity contribution in [3.8, 4) is 0 Å². The molecule has 0 spiro atoms. The Morgan fingerprint density at radius 3 is 2.58 bits per heavy atom. The van der Waals surface area contributed by atoms with Crippen LogP contribution in [-0.4, -0.2) is 23.5 Å². The van der Waals surface area contributed by atoms with Crippen molar-refractivity contribution in [3.05, 3.63) is 35.1 Å². The second-order valence-electron chi connectivity index (χ2n) is 5.11. The van der Waals surface area contributed by atoms with Crippen LogP contribution in [0, 0.1) is 18.2 Å². The number of aliphatic carboxylic acids is 1. The molecule has 0 aliphatic rings. The van der Waals surface area contributed by atoms with E-state index in [4.69, 9.17) is 5.11 Å². The predicted molar refractivity (Wildman–Crippen MR) is 69.5 cm³/mol. The zero-order valence-corrected chi connectivity index (χ0v) is 11.3. The number of rotatable bonds is 5. The zero-order chi connectivity index (χ0) is 14.6. The molecular weight excluding hydrogens is 249 g/mol. The lowest BCUT2D eigenvalue weighted by molar-refractivity contribution is -0.147. The molecule has 0 fully saturated rings. The molecule has 0 unspecified atom stereocenters. The Balaban J connectivity index is 2.62. The normalized spacial score (nSPS) is 11.2. The number of hydrogen-bond acceptors (Lipinski definition) is 2. The Morgan fingerprint density at radius 1 is 1.37 bits per heavy atom. The molecule has 0 aliphatic heterocycles. The summed E-state index contributed by atoms with van der Waals surface area (Å²) in [5, 5.41) is 11.6. The van der Waals surface area contributed by atoms with Gasteiger partial charge < -0.3 is 10.4 Å². The van der Waals surface area contributed by atoms with Crippen LogP contribution < -0.4 is 5.32 Å². The lowest BCUT2D eigenvalue weighted by atomic mass is 9.89. The number of benzene rings is 1. The maximum Gasteiger partial charge on any atom is 0.309 e. The molecule has 19 heavy (non-hydrogen) atoms. The summed E-state index contributed by atoms with van der Waals surface area (Å²) < 4.78 is 13.3. The van der Waals surface area contributed by atoms with Crippen molar-refractivity contribution in [2.45, 2.75) is 27.2 Å². The van der Waals surface area contributed by atoms with E-state index < -0.39 is 23.1 Å². The van der Waals surface area contributed by atoms with Gasteiger partial charge >= 0.3 is 5.97 Å². The number of halogens is 1. The topological polar surface area (TPSA) is 66.4 Å². The number of carbonyl (C=O) groups is 2. The molecule has 1 amide bonds. The van der Waals surface area contributed by atoms with Crippen molar-refractivity contribution in [3.63, 3.8) is 0 Å². The molecule has 0 aromatic heterocycles. The summed E-state index contributed by atoms with van der Waals surface area (Å²) in [6, 6.07) is 4.30. The van der Waals surface area contributed by atoms with Crippen LogP contribution in [0.1, 0.15) is 36.2 Å². The van der Waals surface area contributed by atoms with E-state index in [2.05, 4.69) is 5.32 Å². The van der Waals surface area contributed by atoms with Gasteiger partial charge in [0.15, 0.2) is 0 Å². The predicted octanol–water partition coefficient (Wildman–Crippen LogP) is 2.36. The maximum atomic E-state index is 13.3. The van der Waals surface area contributed by atoms with Crippen molar-refractivity contribution in [1.82, 2.24) is 5.32 Å². The van der Waals surface area contributed by atoms with Crippen LogP contribution in [0.15, 0.2) is 18.2 Å². The van der Waals surface area contributed by atoms with E-state index >= 15 is 0 Å². The number of hydrogen-bond donors (Lipinski definition) is 2. The van der Waals surface area contributed by atoms with E-state index in [1.807, 2.05) is 0 Å². The average Bonchev–Trinajstić information content (AvgIpc) is 2.32. The third-order valence-corrected chi connectivity index (χ3v) is 3.13. The van der Waals surface area contributed by atoms with Crippen LogP contribution in [0.4, 0.5) is 4.39 Å². The van der Waals surface area contributed by atoms with Crippen molar-refractivity contribution in [2.24, 2.45) is 5.41 Å². The summed E-state index contributed by atoms with van der Waals surface area (Å²) >= 11 is 0. The molecule has 5 heteroatoms. The van der Waals surface area contributed by atoms with Crippen LogP contribution in [0.5, 0.6) is 0 Å². The van der Waals surface area contributed by atoms with Crippen LogP contribution in [0.25, 0.3) is 0 Å². The Morgan fingerprint density at radius 2 is 2.00 bits per heavy atom. The summed E-state index contributed by atoms with van der Waals surface area (Å²) in [5.74, 6) is -1.74.